The lowest BCUT2D eigenvalue weighted by atomic mass is 9.92. The maximum Gasteiger partial charge on any atom is 0.124 e. The van der Waals surface area contributed by atoms with Crippen molar-refractivity contribution < 1.29 is 13.9 Å². The summed E-state index contributed by atoms with van der Waals surface area (Å²) in [6, 6.07) is 10.2. The third-order valence-electron chi connectivity index (χ3n) is 3.02. The number of benzene rings is 2. The third kappa shape index (κ3) is 3.52. The van der Waals surface area contributed by atoms with Gasteiger partial charge in [0.15, 0.2) is 0 Å². The van der Waals surface area contributed by atoms with Crippen molar-refractivity contribution in [3.05, 3.63) is 70.2 Å². The van der Waals surface area contributed by atoms with Crippen molar-refractivity contribution in [1.82, 2.24) is 0 Å². The lowest BCUT2D eigenvalue weighted by molar-refractivity contribution is 0.264. The number of halogens is 3. The van der Waals surface area contributed by atoms with E-state index >= 15 is 0 Å². The Labute approximate surface area is 115 Å². The smallest absolute Gasteiger partial charge is 0.124 e. The van der Waals surface area contributed by atoms with E-state index in [1.165, 1.54) is 24.3 Å². The first-order chi connectivity index (χ1) is 9.10. The molecule has 19 heavy (non-hydrogen) atoms. The molecule has 0 fully saturated rings. The Kier molecular flexibility index (Phi) is 4.51. The molecule has 4 heteroatoms. The van der Waals surface area contributed by atoms with Gasteiger partial charge in [-0.05, 0) is 41.8 Å². The van der Waals surface area contributed by atoms with E-state index in [4.69, 9.17) is 11.6 Å². The Bertz CT molecular complexity index is 572. The molecule has 2 aromatic rings. The van der Waals surface area contributed by atoms with Crippen molar-refractivity contribution in [1.29, 1.82) is 0 Å². The summed E-state index contributed by atoms with van der Waals surface area (Å²) in [5.41, 5.74) is 1.43. The highest BCUT2D eigenvalue weighted by Crippen LogP contribution is 2.26. The van der Waals surface area contributed by atoms with Crippen LogP contribution in [0, 0.1) is 11.6 Å². The zero-order valence-corrected chi connectivity index (χ0v) is 10.9. The van der Waals surface area contributed by atoms with E-state index in [1.54, 1.807) is 18.2 Å². The molecular weight excluding hydrogens is 270 g/mol. The van der Waals surface area contributed by atoms with E-state index < -0.39 is 5.82 Å². The molecule has 0 saturated carbocycles. The van der Waals surface area contributed by atoms with E-state index in [0.29, 0.717) is 17.0 Å². The summed E-state index contributed by atoms with van der Waals surface area (Å²) in [6.45, 7) is -0.128. The molecule has 1 unspecified atom stereocenters. The first-order valence-corrected chi connectivity index (χ1v) is 6.28. The van der Waals surface area contributed by atoms with Crippen LogP contribution in [0.2, 0.25) is 5.02 Å². The zero-order valence-electron chi connectivity index (χ0n) is 10.1. The van der Waals surface area contributed by atoms with Crippen molar-refractivity contribution in [2.24, 2.45) is 0 Å². The highest BCUT2D eigenvalue weighted by Gasteiger charge is 2.14. The molecule has 0 aliphatic carbocycles. The number of aliphatic hydroxyl groups is 1. The minimum absolute atomic E-state index is 0.128. The summed E-state index contributed by atoms with van der Waals surface area (Å²) in [4.78, 5) is 0. The molecule has 0 bridgehead atoms. The molecule has 0 aromatic heterocycles. The second kappa shape index (κ2) is 6.13. The fourth-order valence-corrected chi connectivity index (χ4v) is 2.25. The molecular formula is C15H13ClF2O. The van der Waals surface area contributed by atoms with Gasteiger partial charge in [-0.25, -0.2) is 8.78 Å². The van der Waals surface area contributed by atoms with Crippen LogP contribution in [0.5, 0.6) is 0 Å². The summed E-state index contributed by atoms with van der Waals surface area (Å²) in [6.07, 6.45) is 0.430. The Balaban J connectivity index is 2.24. The van der Waals surface area contributed by atoms with Crippen LogP contribution in [0.1, 0.15) is 17.0 Å². The molecule has 100 valence electrons. The van der Waals surface area contributed by atoms with Gasteiger partial charge in [0.05, 0.1) is 6.61 Å². The average molecular weight is 283 g/mol. The van der Waals surface area contributed by atoms with E-state index in [0.717, 1.165) is 5.56 Å². The predicted octanol–water partition coefficient (Wildman–Crippen LogP) is 3.94. The standard InChI is InChI=1S/C15H13ClF2O/c16-15-8-14(18)5-4-11(15)6-12(9-19)10-2-1-3-13(17)7-10/h1-5,7-8,12,19H,6,9H2. The molecule has 0 radical (unpaired) electrons. The van der Waals surface area contributed by atoms with Gasteiger partial charge in [-0.2, -0.15) is 0 Å². The fraction of sp³-hybridized carbons (Fsp3) is 0.200. The minimum Gasteiger partial charge on any atom is -0.396 e. The Morgan fingerprint density at radius 2 is 1.79 bits per heavy atom. The van der Waals surface area contributed by atoms with Crippen LogP contribution in [0.4, 0.5) is 8.78 Å². The monoisotopic (exact) mass is 282 g/mol. The zero-order chi connectivity index (χ0) is 13.8. The Morgan fingerprint density at radius 3 is 2.42 bits per heavy atom. The van der Waals surface area contributed by atoms with E-state index in [9.17, 15) is 13.9 Å². The Morgan fingerprint density at radius 1 is 1.05 bits per heavy atom. The van der Waals surface area contributed by atoms with Crippen LogP contribution in [-0.4, -0.2) is 11.7 Å². The molecule has 0 amide bonds. The fourth-order valence-electron chi connectivity index (χ4n) is 2.00. The van der Waals surface area contributed by atoms with Gasteiger partial charge in [-0.1, -0.05) is 29.8 Å². The van der Waals surface area contributed by atoms with Gasteiger partial charge in [-0.15, -0.1) is 0 Å². The molecule has 0 aliphatic heterocycles. The molecule has 1 nitrogen and oxygen atoms in total. The number of hydrogen-bond acceptors (Lipinski definition) is 1. The number of aliphatic hydroxyl groups excluding tert-OH is 1. The van der Waals surface area contributed by atoms with Gasteiger partial charge in [0.1, 0.15) is 11.6 Å². The highest BCUT2D eigenvalue weighted by atomic mass is 35.5. The SMILES string of the molecule is OCC(Cc1ccc(F)cc1Cl)c1cccc(F)c1. The second-order valence-electron chi connectivity index (χ2n) is 4.37. The van der Waals surface area contributed by atoms with Crippen LogP contribution in [-0.2, 0) is 6.42 Å². The molecule has 0 saturated heterocycles. The molecule has 2 aromatic carbocycles. The quantitative estimate of drug-likeness (QED) is 0.901. The summed E-state index contributed by atoms with van der Waals surface area (Å²) in [7, 11) is 0. The van der Waals surface area contributed by atoms with Gasteiger partial charge in [0, 0.05) is 10.9 Å². The van der Waals surface area contributed by atoms with Crippen LogP contribution in [0.25, 0.3) is 0 Å². The largest absolute Gasteiger partial charge is 0.396 e. The van der Waals surface area contributed by atoms with Gasteiger partial charge < -0.3 is 5.11 Å². The van der Waals surface area contributed by atoms with Crippen molar-refractivity contribution in [3.63, 3.8) is 0 Å². The average Bonchev–Trinajstić information content (AvgIpc) is 2.38. The van der Waals surface area contributed by atoms with Crippen LogP contribution >= 0.6 is 11.6 Å². The van der Waals surface area contributed by atoms with Crippen LogP contribution in [0.15, 0.2) is 42.5 Å². The summed E-state index contributed by atoms with van der Waals surface area (Å²) < 4.78 is 26.1. The molecule has 0 heterocycles. The van der Waals surface area contributed by atoms with Crippen molar-refractivity contribution >= 4 is 11.6 Å². The minimum atomic E-state index is -0.403. The van der Waals surface area contributed by atoms with Gasteiger partial charge in [-0.3, -0.25) is 0 Å². The Hall–Kier alpha value is -1.45. The number of rotatable bonds is 4. The maximum atomic E-state index is 13.2. The van der Waals surface area contributed by atoms with Crippen molar-refractivity contribution in [2.75, 3.05) is 6.61 Å². The number of hydrogen-bond donors (Lipinski definition) is 1. The molecule has 2 rings (SSSR count). The van der Waals surface area contributed by atoms with Crippen LogP contribution < -0.4 is 0 Å². The molecule has 1 N–H and O–H groups in total. The topological polar surface area (TPSA) is 20.2 Å². The summed E-state index contributed by atoms with van der Waals surface area (Å²) in [5, 5.41) is 9.75. The lowest BCUT2D eigenvalue weighted by Crippen LogP contribution is -2.08. The first-order valence-electron chi connectivity index (χ1n) is 5.90. The second-order valence-corrected chi connectivity index (χ2v) is 4.78. The predicted molar refractivity (Wildman–Crippen MR) is 71.3 cm³/mol. The van der Waals surface area contributed by atoms with Crippen molar-refractivity contribution in [2.45, 2.75) is 12.3 Å². The van der Waals surface area contributed by atoms with Gasteiger partial charge in [0.25, 0.3) is 0 Å². The summed E-state index contributed by atoms with van der Waals surface area (Å²) >= 11 is 5.95. The van der Waals surface area contributed by atoms with Gasteiger partial charge >= 0.3 is 0 Å². The van der Waals surface area contributed by atoms with Crippen LogP contribution in [0.3, 0.4) is 0 Å². The molecule has 0 aliphatic rings. The van der Waals surface area contributed by atoms with Crippen molar-refractivity contribution in [3.8, 4) is 0 Å². The lowest BCUT2D eigenvalue weighted by Gasteiger charge is -2.15. The van der Waals surface area contributed by atoms with Gasteiger partial charge in [0.2, 0.25) is 0 Å². The molecule has 1 atom stereocenters. The maximum absolute atomic E-state index is 13.2. The third-order valence-corrected chi connectivity index (χ3v) is 3.37. The molecule has 0 spiro atoms. The normalized spacial score (nSPS) is 12.4. The summed E-state index contributed by atoms with van der Waals surface area (Å²) in [5.74, 6) is -1.01. The van der Waals surface area contributed by atoms with E-state index in [1.807, 2.05) is 0 Å². The first kappa shape index (κ1) is 14.0. The van der Waals surface area contributed by atoms with E-state index in [-0.39, 0.29) is 18.3 Å². The highest BCUT2D eigenvalue weighted by molar-refractivity contribution is 6.31. The van der Waals surface area contributed by atoms with E-state index in [2.05, 4.69) is 0 Å².